The number of allylic oxidation sites excluding steroid dienone is 7. The Morgan fingerprint density at radius 1 is 0.618 bits per heavy atom. The van der Waals surface area contributed by atoms with Crippen LogP contribution in [0.15, 0.2) is 144 Å². The van der Waals surface area contributed by atoms with E-state index in [0.717, 1.165) is 38.6 Å². The van der Waals surface area contributed by atoms with Crippen LogP contribution >= 0.6 is 0 Å². The average Bonchev–Trinajstić information content (AvgIpc) is 3.47. The number of rotatable bonds is 15. The van der Waals surface area contributed by atoms with E-state index in [2.05, 4.69) is 186 Å². The third kappa shape index (κ3) is 12.7. The van der Waals surface area contributed by atoms with Crippen molar-refractivity contribution in [1.82, 2.24) is 0 Å². The first-order valence-electron chi connectivity index (χ1n) is 21.3. The van der Waals surface area contributed by atoms with Gasteiger partial charge in [-0.15, -0.1) is 0 Å². The molecule has 0 spiro atoms. The number of hydrogen-bond acceptors (Lipinski definition) is 2. The Bertz CT molecular complexity index is 1710. The highest BCUT2D eigenvalue weighted by atomic mass is 15.1. The van der Waals surface area contributed by atoms with Gasteiger partial charge in [0.15, 0.2) is 0 Å². The van der Waals surface area contributed by atoms with Crippen molar-refractivity contribution in [2.75, 3.05) is 16.3 Å². The van der Waals surface area contributed by atoms with E-state index in [0.29, 0.717) is 0 Å². The van der Waals surface area contributed by atoms with Crippen molar-refractivity contribution in [2.45, 2.75) is 128 Å². The minimum Gasteiger partial charge on any atom is -0.341 e. The summed E-state index contributed by atoms with van der Waals surface area (Å²) in [5, 5.41) is 0. The first-order chi connectivity index (χ1) is 26.7. The van der Waals surface area contributed by atoms with Crippen LogP contribution in [0.2, 0.25) is 0 Å². The highest BCUT2D eigenvalue weighted by Crippen LogP contribution is 2.45. The van der Waals surface area contributed by atoms with Crippen LogP contribution < -0.4 is 9.80 Å². The Morgan fingerprint density at radius 2 is 1.07 bits per heavy atom. The molecule has 0 saturated heterocycles. The van der Waals surface area contributed by atoms with E-state index >= 15 is 0 Å². The molecule has 294 valence electrons. The van der Waals surface area contributed by atoms with E-state index in [1.165, 1.54) is 75.5 Å². The Balaban J connectivity index is 0.00000196. The predicted molar refractivity (Wildman–Crippen MR) is 246 cm³/mol. The minimum absolute atomic E-state index is 0.0370. The van der Waals surface area contributed by atoms with Crippen molar-refractivity contribution in [3.63, 3.8) is 0 Å². The number of benzene rings is 4. The molecule has 0 aliphatic heterocycles. The maximum absolute atomic E-state index is 2.54. The van der Waals surface area contributed by atoms with E-state index in [1.54, 1.807) is 5.57 Å². The van der Waals surface area contributed by atoms with Crippen molar-refractivity contribution in [2.24, 2.45) is 5.41 Å². The molecule has 1 aliphatic carbocycles. The van der Waals surface area contributed by atoms with Crippen LogP contribution in [0.3, 0.4) is 0 Å². The van der Waals surface area contributed by atoms with Crippen molar-refractivity contribution in [3.8, 4) is 0 Å². The number of aryl methyl sites for hydroxylation is 4. The summed E-state index contributed by atoms with van der Waals surface area (Å²) in [5.41, 5.74) is 14.4. The van der Waals surface area contributed by atoms with Crippen LogP contribution in [0.1, 0.15) is 122 Å². The second kappa shape index (κ2) is 23.4. The van der Waals surface area contributed by atoms with E-state index in [-0.39, 0.29) is 5.41 Å². The summed E-state index contributed by atoms with van der Waals surface area (Å²) >= 11 is 0. The van der Waals surface area contributed by atoms with Gasteiger partial charge in [0, 0.05) is 40.4 Å². The zero-order chi connectivity index (χ0) is 40.2. The lowest BCUT2D eigenvalue weighted by molar-refractivity contribution is 0.406. The monoisotopic (exact) mass is 737 g/mol. The Hall–Kier alpha value is -4.56. The quantitative estimate of drug-likeness (QED) is 0.0886. The second-order valence-corrected chi connectivity index (χ2v) is 14.8. The van der Waals surface area contributed by atoms with Gasteiger partial charge in [-0.05, 0) is 127 Å². The molecule has 55 heavy (non-hydrogen) atoms. The molecule has 1 atom stereocenters. The van der Waals surface area contributed by atoms with Crippen molar-refractivity contribution >= 4 is 22.7 Å². The number of unbranched alkanes of at least 4 members (excludes halogenated alkanes) is 2. The third-order valence-corrected chi connectivity index (χ3v) is 10.6. The summed E-state index contributed by atoms with van der Waals surface area (Å²) in [5.74, 6) is 0. The summed E-state index contributed by atoms with van der Waals surface area (Å²) < 4.78 is 0. The maximum Gasteiger partial charge on any atom is 0.0458 e. The Morgan fingerprint density at radius 3 is 1.51 bits per heavy atom. The summed E-state index contributed by atoms with van der Waals surface area (Å²) in [6, 6.07) is 35.9. The van der Waals surface area contributed by atoms with Crippen molar-refractivity contribution < 1.29 is 0 Å². The molecule has 5 rings (SSSR count). The van der Waals surface area contributed by atoms with Crippen LogP contribution in [-0.2, 0) is 0 Å². The fourth-order valence-electron chi connectivity index (χ4n) is 7.42. The van der Waals surface area contributed by atoms with E-state index in [1.807, 2.05) is 27.7 Å². The molecule has 4 aromatic carbocycles. The molecule has 2 nitrogen and oxygen atoms in total. The summed E-state index contributed by atoms with van der Waals surface area (Å²) in [6.45, 7) is 24.6. The van der Waals surface area contributed by atoms with Crippen LogP contribution in [-0.4, -0.2) is 6.54 Å². The molecule has 0 saturated carbocycles. The summed E-state index contributed by atoms with van der Waals surface area (Å²) in [6.07, 6.45) is 21.2. The Kier molecular flexibility index (Phi) is 19.1. The second-order valence-electron chi connectivity index (χ2n) is 14.8. The largest absolute Gasteiger partial charge is 0.341 e. The molecule has 0 N–H and O–H groups in total. The predicted octanol–water partition coefficient (Wildman–Crippen LogP) is 16.4. The average molecular weight is 737 g/mol. The smallest absolute Gasteiger partial charge is 0.0458 e. The molecule has 0 aromatic heterocycles. The van der Waals surface area contributed by atoms with E-state index in [4.69, 9.17) is 0 Å². The van der Waals surface area contributed by atoms with Gasteiger partial charge in [-0.1, -0.05) is 161 Å². The van der Waals surface area contributed by atoms with Crippen LogP contribution in [0, 0.1) is 33.1 Å². The molecule has 0 heterocycles. The fraction of sp³-hybridized carbons (Fsp3) is 0.396. The van der Waals surface area contributed by atoms with Crippen molar-refractivity contribution in [3.05, 3.63) is 167 Å². The lowest BCUT2D eigenvalue weighted by Gasteiger charge is -2.35. The van der Waals surface area contributed by atoms with E-state index in [9.17, 15) is 0 Å². The number of anilines is 4. The zero-order valence-electron chi connectivity index (χ0n) is 36.4. The van der Waals surface area contributed by atoms with Gasteiger partial charge < -0.3 is 9.80 Å². The Labute approximate surface area is 337 Å². The first-order valence-corrected chi connectivity index (χ1v) is 21.3. The number of nitrogens with zero attached hydrogens (tertiary/aromatic N) is 2. The maximum atomic E-state index is 2.54. The number of hydrogen-bond donors (Lipinski definition) is 0. The molecule has 2 heteroatoms. The van der Waals surface area contributed by atoms with Crippen LogP contribution in [0.4, 0.5) is 22.7 Å². The lowest BCUT2D eigenvalue weighted by Crippen LogP contribution is -2.23. The normalized spacial score (nSPS) is 14.0. The highest BCUT2D eigenvalue weighted by Gasteiger charge is 2.32. The van der Waals surface area contributed by atoms with Gasteiger partial charge in [0.05, 0.1) is 0 Å². The van der Waals surface area contributed by atoms with Gasteiger partial charge in [0.2, 0.25) is 0 Å². The summed E-state index contributed by atoms with van der Waals surface area (Å²) in [4.78, 5) is 4.95. The van der Waals surface area contributed by atoms with Gasteiger partial charge in [0.25, 0.3) is 0 Å². The molecule has 0 bridgehead atoms. The van der Waals surface area contributed by atoms with Gasteiger partial charge >= 0.3 is 0 Å². The van der Waals surface area contributed by atoms with Crippen LogP contribution in [0.25, 0.3) is 0 Å². The van der Waals surface area contributed by atoms with Gasteiger partial charge in [-0.3, -0.25) is 0 Å². The standard InChI is InChI=1S/C49H60N2.2C2H6/c1-8-10-11-36-49(7,42(14-9-2)16-13-37-50(44-27-18-38(3)19-28-44)45-29-20-39(4)21-30-45)43-15-12-17-46(35-26-43)51(47-31-22-40(5)23-32-47)48-33-24-41(6)25-34-48;2*1-2/h9,14,16,18-35H,8,10-13,15,17,36-37H2,1-7H3;2*1-2H3/b14-9-,42-16+;;. The summed E-state index contributed by atoms with van der Waals surface area (Å²) in [7, 11) is 0. The molecule has 4 aromatic rings. The molecule has 0 fully saturated rings. The fourth-order valence-corrected chi connectivity index (χ4v) is 7.42. The lowest BCUT2D eigenvalue weighted by atomic mass is 9.69. The molecule has 1 unspecified atom stereocenters. The molecular formula is C53H72N2. The third-order valence-electron chi connectivity index (χ3n) is 10.6. The van der Waals surface area contributed by atoms with Gasteiger partial charge in [-0.2, -0.15) is 0 Å². The van der Waals surface area contributed by atoms with E-state index < -0.39 is 0 Å². The van der Waals surface area contributed by atoms with Crippen LogP contribution in [0.5, 0.6) is 0 Å². The van der Waals surface area contributed by atoms with Gasteiger partial charge in [-0.25, -0.2) is 0 Å². The highest BCUT2D eigenvalue weighted by molar-refractivity contribution is 5.69. The minimum atomic E-state index is -0.0370. The molecular weight excluding hydrogens is 665 g/mol. The molecule has 0 radical (unpaired) electrons. The van der Waals surface area contributed by atoms with Gasteiger partial charge in [0.1, 0.15) is 0 Å². The topological polar surface area (TPSA) is 6.48 Å². The van der Waals surface area contributed by atoms with Crippen molar-refractivity contribution in [1.29, 1.82) is 0 Å². The molecule has 1 aliphatic rings. The zero-order valence-corrected chi connectivity index (χ0v) is 36.4. The SMILES string of the molecule is C/C=C\C(=C/CCN(c1ccc(C)cc1)c1ccc(C)cc1)C(C)(CCCCC)C1=CC=C(N(c2ccc(C)cc2)c2ccc(C)cc2)CCC1.CC.CC. The first kappa shape index (κ1) is 44.8. The molecule has 0 amide bonds.